The first kappa shape index (κ1) is 18.1. The number of rotatable bonds is 6. The van der Waals surface area contributed by atoms with Crippen molar-refractivity contribution in [1.82, 2.24) is 9.71 Å². The second-order valence-corrected chi connectivity index (χ2v) is 9.72. The lowest BCUT2D eigenvalue weighted by Crippen LogP contribution is -2.42. The number of benzene rings is 1. The molecular formula is C16H15BrN2O4S2. The maximum absolute atomic E-state index is 12.5. The molecule has 0 bridgehead atoms. The van der Waals surface area contributed by atoms with Gasteiger partial charge in [0.15, 0.2) is 0 Å². The summed E-state index contributed by atoms with van der Waals surface area (Å²) in [5.74, 6) is -0.635. The summed E-state index contributed by atoms with van der Waals surface area (Å²) < 4.78 is 33.1. The van der Waals surface area contributed by atoms with Gasteiger partial charge in [-0.15, -0.1) is 11.3 Å². The zero-order valence-electron chi connectivity index (χ0n) is 13.2. The molecule has 0 fully saturated rings. The van der Waals surface area contributed by atoms with E-state index >= 15 is 0 Å². The van der Waals surface area contributed by atoms with E-state index in [1.165, 1.54) is 13.2 Å². The normalized spacial score (nSPS) is 13.0. The van der Waals surface area contributed by atoms with Crippen LogP contribution < -0.4 is 4.72 Å². The molecule has 0 radical (unpaired) electrons. The van der Waals surface area contributed by atoms with Crippen LogP contribution in [0.15, 0.2) is 50.6 Å². The van der Waals surface area contributed by atoms with E-state index in [0.717, 1.165) is 27.8 Å². The molecular weight excluding hydrogens is 428 g/mol. The highest BCUT2D eigenvalue weighted by Gasteiger charge is 2.28. The van der Waals surface area contributed by atoms with Crippen molar-refractivity contribution in [3.63, 3.8) is 0 Å². The summed E-state index contributed by atoms with van der Waals surface area (Å²) in [7, 11) is -2.59. The van der Waals surface area contributed by atoms with Crippen LogP contribution in [0.25, 0.3) is 10.9 Å². The van der Waals surface area contributed by atoms with Crippen LogP contribution in [0.4, 0.5) is 0 Å². The molecule has 9 heteroatoms. The number of carbonyl (C=O) groups is 1. The lowest BCUT2D eigenvalue weighted by Gasteiger charge is -2.15. The van der Waals surface area contributed by atoms with Crippen LogP contribution in [0, 0.1) is 0 Å². The van der Waals surface area contributed by atoms with Crippen molar-refractivity contribution in [1.29, 1.82) is 0 Å². The van der Waals surface area contributed by atoms with Crippen molar-refractivity contribution in [3.05, 3.63) is 51.9 Å². The van der Waals surface area contributed by atoms with E-state index in [2.05, 4.69) is 25.6 Å². The molecule has 0 spiro atoms. The van der Waals surface area contributed by atoms with Crippen molar-refractivity contribution in [2.75, 3.05) is 7.11 Å². The Bertz CT molecular complexity index is 1010. The Labute approximate surface area is 157 Å². The smallest absolute Gasteiger partial charge is 0.324 e. The molecule has 1 aromatic carbocycles. The van der Waals surface area contributed by atoms with E-state index in [9.17, 15) is 13.2 Å². The van der Waals surface area contributed by atoms with Crippen LogP contribution in [-0.4, -0.2) is 32.5 Å². The van der Waals surface area contributed by atoms with Crippen LogP contribution in [0.3, 0.4) is 0 Å². The quantitative estimate of drug-likeness (QED) is 0.574. The zero-order valence-corrected chi connectivity index (χ0v) is 16.4. The number of halogens is 1. The van der Waals surface area contributed by atoms with Gasteiger partial charge < -0.3 is 9.72 Å². The van der Waals surface area contributed by atoms with Crippen LogP contribution >= 0.6 is 27.3 Å². The van der Waals surface area contributed by atoms with Crippen molar-refractivity contribution in [3.8, 4) is 0 Å². The number of nitrogens with one attached hydrogen (secondary N) is 2. The summed E-state index contributed by atoms with van der Waals surface area (Å²) >= 11 is 4.31. The molecule has 0 aliphatic rings. The Morgan fingerprint density at radius 3 is 2.76 bits per heavy atom. The molecule has 1 atom stereocenters. The molecule has 25 heavy (non-hydrogen) atoms. The first-order chi connectivity index (χ1) is 11.9. The fourth-order valence-electron chi connectivity index (χ4n) is 2.52. The van der Waals surface area contributed by atoms with E-state index < -0.39 is 22.0 Å². The number of methoxy groups -OCH3 is 1. The summed E-state index contributed by atoms with van der Waals surface area (Å²) in [6, 6.07) is 9.73. The van der Waals surface area contributed by atoms with Crippen LogP contribution in [0.5, 0.6) is 0 Å². The van der Waals surface area contributed by atoms with Gasteiger partial charge in [0, 0.05) is 23.5 Å². The van der Waals surface area contributed by atoms with Gasteiger partial charge in [-0.2, -0.15) is 4.72 Å². The van der Waals surface area contributed by atoms with Crippen molar-refractivity contribution < 1.29 is 17.9 Å². The first-order valence-electron chi connectivity index (χ1n) is 7.31. The fourth-order valence-corrected chi connectivity index (χ4v) is 5.73. The average Bonchev–Trinajstić information content (AvgIpc) is 3.20. The predicted molar refractivity (Wildman–Crippen MR) is 100 cm³/mol. The van der Waals surface area contributed by atoms with E-state index in [1.807, 2.05) is 24.3 Å². The number of thiophene rings is 1. The molecule has 6 nitrogen and oxygen atoms in total. The van der Waals surface area contributed by atoms with E-state index in [1.54, 1.807) is 12.3 Å². The molecule has 3 rings (SSSR count). The van der Waals surface area contributed by atoms with Crippen molar-refractivity contribution in [2.24, 2.45) is 0 Å². The van der Waals surface area contributed by atoms with Crippen molar-refractivity contribution in [2.45, 2.75) is 16.7 Å². The second-order valence-electron chi connectivity index (χ2n) is 5.32. The number of fused-ring (bicyclic) bond motifs is 1. The number of sulfonamides is 1. The van der Waals surface area contributed by atoms with E-state index in [-0.39, 0.29) is 10.6 Å². The fraction of sp³-hybridized carbons (Fsp3) is 0.188. The molecule has 0 amide bonds. The molecule has 0 unspecified atom stereocenters. The minimum absolute atomic E-state index is 0.132. The molecule has 2 N–H and O–H groups in total. The number of aromatic nitrogens is 1. The molecule has 2 aromatic heterocycles. The number of esters is 1. The Kier molecular flexibility index (Phi) is 5.28. The summed E-state index contributed by atoms with van der Waals surface area (Å²) in [5.41, 5.74) is 1.76. The Hall–Kier alpha value is -1.68. The monoisotopic (exact) mass is 442 g/mol. The minimum Gasteiger partial charge on any atom is -0.468 e. The number of H-pyrrole nitrogens is 1. The molecule has 0 saturated heterocycles. The third-order valence-corrected chi connectivity index (χ3v) is 7.28. The molecule has 0 aliphatic heterocycles. The maximum atomic E-state index is 12.5. The number of ether oxygens (including phenoxy) is 1. The third kappa shape index (κ3) is 3.95. The Morgan fingerprint density at radius 2 is 2.08 bits per heavy atom. The van der Waals surface area contributed by atoms with Gasteiger partial charge in [0.25, 0.3) is 10.0 Å². The topological polar surface area (TPSA) is 88.3 Å². The average molecular weight is 443 g/mol. The van der Waals surface area contributed by atoms with Crippen molar-refractivity contribution >= 4 is 54.2 Å². The standard InChI is InChI=1S/C16H15BrN2O4S2/c1-23-16(20)13(19-25(21,22)15-7-6-14(17)24-15)8-10-9-18-12-5-3-2-4-11(10)12/h2-7,9,13,18-19H,8H2,1H3/t13-/m1/s1. The predicted octanol–water partition coefficient (Wildman–Crippen LogP) is 3.05. The summed E-state index contributed by atoms with van der Waals surface area (Å²) in [6.07, 6.45) is 1.96. The van der Waals surface area contributed by atoms with Gasteiger partial charge in [-0.3, -0.25) is 4.79 Å². The molecule has 3 aromatic rings. The number of aromatic amines is 1. The lowest BCUT2D eigenvalue weighted by molar-refractivity contribution is -0.142. The SMILES string of the molecule is COC(=O)[C@@H](Cc1c[nH]c2ccccc12)NS(=O)(=O)c1ccc(Br)s1. The van der Waals surface area contributed by atoms with Gasteiger partial charge in [0.1, 0.15) is 10.3 Å². The summed E-state index contributed by atoms with van der Waals surface area (Å²) in [6.45, 7) is 0. The largest absolute Gasteiger partial charge is 0.468 e. The van der Waals surface area contributed by atoms with Gasteiger partial charge in [-0.25, -0.2) is 8.42 Å². The summed E-state index contributed by atoms with van der Waals surface area (Å²) in [4.78, 5) is 15.2. The highest BCUT2D eigenvalue weighted by Crippen LogP contribution is 2.26. The highest BCUT2D eigenvalue weighted by atomic mass is 79.9. The zero-order chi connectivity index (χ0) is 18.0. The molecule has 132 valence electrons. The summed E-state index contributed by atoms with van der Waals surface area (Å²) in [5, 5.41) is 0.939. The third-order valence-electron chi connectivity index (χ3n) is 3.70. The molecule has 2 heterocycles. The van der Waals surface area contributed by atoms with E-state index in [0.29, 0.717) is 3.79 Å². The van der Waals surface area contributed by atoms with Gasteiger partial charge in [-0.05, 0) is 39.7 Å². The number of carbonyl (C=O) groups excluding carboxylic acids is 1. The highest BCUT2D eigenvalue weighted by molar-refractivity contribution is 9.11. The number of hydrogen-bond donors (Lipinski definition) is 2. The van der Waals surface area contributed by atoms with Crippen LogP contribution in [0.1, 0.15) is 5.56 Å². The van der Waals surface area contributed by atoms with Crippen LogP contribution in [-0.2, 0) is 26.0 Å². The van der Waals surface area contributed by atoms with Gasteiger partial charge in [-0.1, -0.05) is 18.2 Å². The van der Waals surface area contributed by atoms with Crippen LogP contribution in [0.2, 0.25) is 0 Å². The minimum atomic E-state index is -3.82. The number of para-hydroxylation sites is 1. The maximum Gasteiger partial charge on any atom is 0.324 e. The Balaban J connectivity index is 1.89. The lowest BCUT2D eigenvalue weighted by atomic mass is 10.1. The van der Waals surface area contributed by atoms with E-state index in [4.69, 9.17) is 4.74 Å². The first-order valence-corrected chi connectivity index (χ1v) is 10.4. The van der Waals surface area contributed by atoms with Gasteiger partial charge >= 0.3 is 5.97 Å². The second kappa shape index (κ2) is 7.28. The molecule has 0 aliphatic carbocycles. The van der Waals surface area contributed by atoms with Gasteiger partial charge in [0.05, 0.1) is 10.9 Å². The van der Waals surface area contributed by atoms with Gasteiger partial charge in [0.2, 0.25) is 0 Å². The Morgan fingerprint density at radius 1 is 1.32 bits per heavy atom. The number of hydrogen-bond acceptors (Lipinski definition) is 5. The molecule has 0 saturated carbocycles.